The summed E-state index contributed by atoms with van der Waals surface area (Å²) in [4.78, 5) is 25.7. The molecule has 1 amide bonds. The summed E-state index contributed by atoms with van der Waals surface area (Å²) in [5, 5.41) is 6.79. The fraction of sp³-hybridized carbons (Fsp3) is 0.812. The van der Waals surface area contributed by atoms with Crippen LogP contribution in [0.5, 0.6) is 0 Å². The van der Waals surface area contributed by atoms with Gasteiger partial charge in [0.25, 0.3) is 0 Å². The SMILES string of the molecule is CC(C)(C)OC(=O)N1CC(Cc2n[nH]c(=O)n2C2CCCC2)C1. The van der Waals surface area contributed by atoms with Crippen LogP contribution in [0.25, 0.3) is 0 Å². The van der Waals surface area contributed by atoms with E-state index in [-0.39, 0.29) is 11.8 Å². The number of carbonyl (C=O) groups excluding carboxylic acids is 1. The summed E-state index contributed by atoms with van der Waals surface area (Å²) in [7, 11) is 0. The number of nitrogens with zero attached hydrogens (tertiary/aromatic N) is 3. The number of likely N-dealkylation sites (tertiary alicyclic amines) is 1. The zero-order valence-electron chi connectivity index (χ0n) is 14.2. The highest BCUT2D eigenvalue weighted by atomic mass is 16.6. The molecule has 1 aliphatic heterocycles. The van der Waals surface area contributed by atoms with Crippen molar-refractivity contribution in [1.82, 2.24) is 19.7 Å². The van der Waals surface area contributed by atoms with Crippen LogP contribution in [0.1, 0.15) is 58.3 Å². The summed E-state index contributed by atoms with van der Waals surface area (Å²) >= 11 is 0. The molecule has 0 unspecified atom stereocenters. The van der Waals surface area contributed by atoms with E-state index < -0.39 is 5.60 Å². The molecule has 7 nitrogen and oxygen atoms in total. The fourth-order valence-electron chi connectivity index (χ4n) is 3.45. The topological polar surface area (TPSA) is 80.2 Å². The van der Waals surface area contributed by atoms with E-state index in [2.05, 4.69) is 10.2 Å². The van der Waals surface area contributed by atoms with E-state index in [4.69, 9.17) is 4.74 Å². The third-order valence-corrected chi connectivity index (χ3v) is 4.55. The Balaban J connectivity index is 1.56. The van der Waals surface area contributed by atoms with E-state index in [1.807, 2.05) is 25.3 Å². The lowest BCUT2D eigenvalue weighted by Gasteiger charge is -2.39. The lowest BCUT2D eigenvalue weighted by Crippen LogP contribution is -2.52. The summed E-state index contributed by atoms with van der Waals surface area (Å²) in [5.41, 5.74) is -0.567. The second kappa shape index (κ2) is 6.02. The van der Waals surface area contributed by atoms with E-state index in [9.17, 15) is 9.59 Å². The van der Waals surface area contributed by atoms with Crippen molar-refractivity contribution in [3.8, 4) is 0 Å². The third-order valence-electron chi connectivity index (χ3n) is 4.55. The van der Waals surface area contributed by atoms with Crippen LogP contribution in [0.4, 0.5) is 4.79 Å². The Morgan fingerprint density at radius 3 is 2.57 bits per heavy atom. The number of ether oxygens (including phenoxy) is 1. The van der Waals surface area contributed by atoms with Crippen LogP contribution in [0.3, 0.4) is 0 Å². The van der Waals surface area contributed by atoms with Gasteiger partial charge in [0.2, 0.25) is 0 Å². The van der Waals surface area contributed by atoms with Crippen LogP contribution in [-0.4, -0.2) is 44.4 Å². The normalized spacial score (nSPS) is 19.9. The van der Waals surface area contributed by atoms with Gasteiger partial charge in [-0.2, -0.15) is 5.10 Å². The van der Waals surface area contributed by atoms with E-state index >= 15 is 0 Å². The van der Waals surface area contributed by atoms with Gasteiger partial charge in [0.15, 0.2) is 0 Å². The molecule has 0 spiro atoms. The van der Waals surface area contributed by atoms with Crippen molar-refractivity contribution in [2.75, 3.05) is 13.1 Å². The number of carbonyl (C=O) groups is 1. The van der Waals surface area contributed by atoms with Gasteiger partial charge in [0.05, 0.1) is 0 Å². The lowest BCUT2D eigenvalue weighted by atomic mass is 9.96. The number of hydrogen-bond donors (Lipinski definition) is 1. The molecule has 1 N–H and O–H groups in total. The van der Waals surface area contributed by atoms with Gasteiger partial charge in [-0.1, -0.05) is 12.8 Å². The molecule has 3 rings (SSSR count). The molecule has 1 saturated heterocycles. The first-order chi connectivity index (χ1) is 10.8. The van der Waals surface area contributed by atoms with Crippen molar-refractivity contribution < 1.29 is 9.53 Å². The van der Waals surface area contributed by atoms with Crippen LogP contribution in [0.15, 0.2) is 4.79 Å². The smallest absolute Gasteiger partial charge is 0.410 e. The standard InChI is InChI=1S/C16H26N4O3/c1-16(2,3)23-15(22)19-9-11(10-19)8-13-17-18-14(21)20(13)12-6-4-5-7-12/h11-12H,4-10H2,1-3H3,(H,18,21). The molecule has 128 valence electrons. The Morgan fingerprint density at radius 2 is 1.96 bits per heavy atom. The zero-order valence-corrected chi connectivity index (χ0v) is 14.2. The predicted molar refractivity (Wildman–Crippen MR) is 85.4 cm³/mol. The second-order valence-electron chi connectivity index (χ2n) is 7.71. The highest BCUT2D eigenvalue weighted by Crippen LogP contribution is 2.30. The Hall–Kier alpha value is -1.79. The average molecular weight is 322 g/mol. The zero-order chi connectivity index (χ0) is 16.6. The quantitative estimate of drug-likeness (QED) is 0.924. The Bertz CT molecular complexity index is 616. The van der Waals surface area contributed by atoms with E-state index in [1.54, 1.807) is 4.90 Å². The molecular weight excluding hydrogens is 296 g/mol. The Kier molecular flexibility index (Phi) is 4.21. The molecule has 0 aromatic carbocycles. The summed E-state index contributed by atoms with van der Waals surface area (Å²) in [6, 6.07) is 0.290. The minimum atomic E-state index is -0.465. The van der Waals surface area contributed by atoms with Gasteiger partial charge in [-0.15, -0.1) is 0 Å². The first-order valence-electron chi connectivity index (χ1n) is 8.47. The predicted octanol–water partition coefficient (Wildman–Crippen LogP) is 2.10. The minimum Gasteiger partial charge on any atom is -0.444 e. The van der Waals surface area contributed by atoms with Crippen molar-refractivity contribution in [1.29, 1.82) is 0 Å². The summed E-state index contributed by atoms with van der Waals surface area (Å²) in [6.45, 7) is 6.94. The van der Waals surface area contributed by atoms with Crippen LogP contribution in [-0.2, 0) is 11.2 Å². The molecule has 1 aromatic heterocycles. The molecule has 1 aliphatic carbocycles. The fourth-order valence-corrected chi connectivity index (χ4v) is 3.45. The van der Waals surface area contributed by atoms with Crippen LogP contribution in [0.2, 0.25) is 0 Å². The largest absolute Gasteiger partial charge is 0.444 e. The van der Waals surface area contributed by atoms with Gasteiger partial charge in [-0.25, -0.2) is 14.7 Å². The summed E-state index contributed by atoms with van der Waals surface area (Å²) < 4.78 is 7.20. The maximum atomic E-state index is 12.0. The molecule has 23 heavy (non-hydrogen) atoms. The first-order valence-corrected chi connectivity index (χ1v) is 8.47. The van der Waals surface area contributed by atoms with Crippen molar-refractivity contribution in [2.45, 2.75) is 64.5 Å². The highest BCUT2D eigenvalue weighted by molar-refractivity contribution is 5.69. The van der Waals surface area contributed by atoms with Crippen molar-refractivity contribution in [2.24, 2.45) is 5.92 Å². The first kappa shape index (κ1) is 16.1. The van der Waals surface area contributed by atoms with Crippen LogP contribution >= 0.6 is 0 Å². The molecule has 7 heteroatoms. The molecule has 2 aliphatic rings. The van der Waals surface area contributed by atoms with Gasteiger partial charge in [-0.05, 0) is 33.6 Å². The maximum Gasteiger partial charge on any atom is 0.410 e. The number of aromatic amines is 1. The molecule has 0 radical (unpaired) electrons. The monoisotopic (exact) mass is 322 g/mol. The lowest BCUT2D eigenvalue weighted by molar-refractivity contribution is -0.00130. The molecule has 1 saturated carbocycles. The molecule has 0 atom stereocenters. The van der Waals surface area contributed by atoms with Crippen molar-refractivity contribution in [3.05, 3.63) is 16.3 Å². The highest BCUT2D eigenvalue weighted by Gasteiger charge is 2.35. The van der Waals surface area contributed by atoms with Crippen LogP contribution in [0, 0.1) is 5.92 Å². The van der Waals surface area contributed by atoms with Gasteiger partial charge in [-0.3, -0.25) is 4.57 Å². The van der Waals surface area contributed by atoms with Gasteiger partial charge < -0.3 is 9.64 Å². The summed E-state index contributed by atoms with van der Waals surface area (Å²) in [6.07, 6.45) is 4.94. The van der Waals surface area contributed by atoms with E-state index in [0.717, 1.165) is 25.1 Å². The Labute approximate surface area is 136 Å². The van der Waals surface area contributed by atoms with E-state index in [0.29, 0.717) is 25.0 Å². The average Bonchev–Trinajstić information content (AvgIpc) is 3.00. The number of rotatable bonds is 3. The number of hydrogen-bond acceptors (Lipinski definition) is 4. The molecule has 2 heterocycles. The molecular formula is C16H26N4O3. The number of amides is 1. The third kappa shape index (κ3) is 3.59. The minimum absolute atomic E-state index is 0.102. The molecule has 0 bridgehead atoms. The van der Waals surface area contributed by atoms with Gasteiger partial charge >= 0.3 is 11.8 Å². The molecule has 2 fully saturated rings. The van der Waals surface area contributed by atoms with Crippen molar-refractivity contribution >= 4 is 6.09 Å². The summed E-state index contributed by atoms with van der Waals surface area (Å²) in [5.74, 6) is 1.17. The number of aromatic nitrogens is 3. The number of H-pyrrole nitrogens is 1. The van der Waals surface area contributed by atoms with Gasteiger partial charge in [0.1, 0.15) is 11.4 Å². The van der Waals surface area contributed by atoms with Gasteiger partial charge in [0, 0.05) is 31.5 Å². The second-order valence-corrected chi connectivity index (χ2v) is 7.71. The number of nitrogens with one attached hydrogen (secondary N) is 1. The molecule has 1 aromatic rings. The van der Waals surface area contributed by atoms with Crippen molar-refractivity contribution in [3.63, 3.8) is 0 Å². The van der Waals surface area contributed by atoms with Crippen LogP contribution < -0.4 is 5.69 Å². The maximum absolute atomic E-state index is 12.0. The van der Waals surface area contributed by atoms with E-state index in [1.165, 1.54) is 12.8 Å². The Morgan fingerprint density at radius 1 is 1.30 bits per heavy atom.